The number of piperazine rings is 1. The standard InChI is InChI=1S/C21H31N3O4S/c1-17-14-18(2)16-23(15-17)21(26)9-8-20(25)22-10-12-24(13-11-22)29(27,28)19-6-4-3-5-7-19/h3-7,17-18H,8-16H2,1-2H3. The lowest BCUT2D eigenvalue weighted by Gasteiger charge is -2.36. The zero-order valence-electron chi connectivity index (χ0n) is 17.3. The second-order valence-electron chi connectivity index (χ2n) is 8.34. The van der Waals surface area contributed by atoms with Crippen LogP contribution in [0.15, 0.2) is 35.2 Å². The van der Waals surface area contributed by atoms with Crippen molar-refractivity contribution in [1.29, 1.82) is 0 Å². The molecular weight excluding hydrogens is 390 g/mol. The van der Waals surface area contributed by atoms with Crippen LogP contribution in [0.5, 0.6) is 0 Å². The van der Waals surface area contributed by atoms with Gasteiger partial charge >= 0.3 is 0 Å². The van der Waals surface area contributed by atoms with E-state index in [0.29, 0.717) is 24.9 Å². The third-order valence-electron chi connectivity index (χ3n) is 5.75. The fourth-order valence-electron chi connectivity index (χ4n) is 4.32. The second kappa shape index (κ2) is 9.26. The van der Waals surface area contributed by atoms with Gasteiger partial charge in [-0.1, -0.05) is 32.0 Å². The molecule has 0 aliphatic carbocycles. The van der Waals surface area contributed by atoms with Crippen molar-refractivity contribution in [3.05, 3.63) is 30.3 Å². The number of benzene rings is 1. The van der Waals surface area contributed by atoms with Crippen molar-refractivity contribution in [2.75, 3.05) is 39.3 Å². The molecule has 0 bridgehead atoms. The van der Waals surface area contributed by atoms with E-state index in [1.807, 2.05) is 4.90 Å². The number of carbonyl (C=O) groups is 2. The highest BCUT2D eigenvalue weighted by atomic mass is 32.2. The molecule has 2 fully saturated rings. The van der Waals surface area contributed by atoms with Gasteiger partial charge < -0.3 is 9.80 Å². The number of rotatable bonds is 5. The fraction of sp³-hybridized carbons (Fsp3) is 0.619. The molecule has 2 atom stereocenters. The molecule has 2 aliphatic rings. The van der Waals surface area contributed by atoms with Crippen LogP contribution in [-0.2, 0) is 19.6 Å². The highest BCUT2D eigenvalue weighted by Gasteiger charge is 2.30. The average molecular weight is 422 g/mol. The minimum Gasteiger partial charge on any atom is -0.342 e. The van der Waals surface area contributed by atoms with E-state index in [9.17, 15) is 18.0 Å². The lowest BCUT2D eigenvalue weighted by atomic mass is 9.91. The molecule has 3 rings (SSSR count). The number of carbonyl (C=O) groups excluding carboxylic acids is 2. The zero-order chi connectivity index (χ0) is 21.0. The highest BCUT2D eigenvalue weighted by molar-refractivity contribution is 7.89. The number of hydrogen-bond acceptors (Lipinski definition) is 4. The van der Waals surface area contributed by atoms with Gasteiger partial charge in [-0.25, -0.2) is 8.42 Å². The maximum atomic E-state index is 12.7. The number of amides is 2. The molecule has 7 nitrogen and oxygen atoms in total. The van der Waals surface area contributed by atoms with Crippen molar-refractivity contribution in [3.8, 4) is 0 Å². The molecule has 1 aromatic rings. The topological polar surface area (TPSA) is 78.0 Å². The second-order valence-corrected chi connectivity index (χ2v) is 10.3. The molecule has 2 unspecified atom stereocenters. The number of nitrogens with zero attached hydrogens (tertiary/aromatic N) is 3. The molecule has 2 aliphatic heterocycles. The first-order valence-electron chi connectivity index (χ1n) is 10.4. The molecule has 8 heteroatoms. The van der Waals surface area contributed by atoms with Crippen LogP contribution < -0.4 is 0 Å². The Labute approximate surface area is 173 Å². The molecule has 1 aromatic carbocycles. The largest absolute Gasteiger partial charge is 0.342 e. The van der Waals surface area contributed by atoms with Crippen LogP contribution in [-0.4, -0.2) is 73.6 Å². The Hall–Kier alpha value is -1.93. The van der Waals surface area contributed by atoms with Gasteiger partial charge in [0, 0.05) is 52.1 Å². The van der Waals surface area contributed by atoms with Crippen molar-refractivity contribution >= 4 is 21.8 Å². The third kappa shape index (κ3) is 5.36. The Morgan fingerprint density at radius 3 is 1.93 bits per heavy atom. The molecule has 0 N–H and O–H groups in total. The van der Waals surface area contributed by atoms with E-state index in [1.165, 1.54) is 4.31 Å². The van der Waals surface area contributed by atoms with Gasteiger partial charge in [0.25, 0.3) is 0 Å². The van der Waals surface area contributed by atoms with Crippen molar-refractivity contribution in [3.63, 3.8) is 0 Å². The minimum atomic E-state index is -3.53. The van der Waals surface area contributed by atoms with E-state index in [4.69, 9.17) is 0 Å². The smallest absolute Gasteiger partial charge is 0.243 e. The summed E-state index contributed by atoms with van der Waals surface area (Å²) in [5, 5.41) is 0. The molecular formula is C21H31N3O4S. The first-order valence-corrected chi connectivity index (χ1v) is 11.8. The van der Waals surface area contributed by atoms with Crippen molar-refractivity contribution in [2.24, 2.45) is 11.8 Å². The minimum absolute atomic E-state index is 0.0436. The summed E-state index contributed by atoms with van der Waals surface area (Å²) in [4.78, 5) is 28.8. The number of piperidine rings is 1. The summed E-state index contributed by atoms with van der Waals surface area (Å²) in [5.41, 5.74) is 0. The van der Waals surface area contributed by atoms with E-state index in [1.54, 1.807) is 35.2 Å². The third-order valence-corrected chi connectivity index (χ3v) is 7.66. The number of sulfonamides is 1. The first kappa shape index (κ1) is 21.8. The van der Waals surface area contributed by atoms with E-state index in [2.05, 4.69) is 13.8 Å². The lowest BCUT2D eigenvalue weighted by molar-refractivity contribution is -0.139. The Kier molecular flexibility index (Phi) is 6.95. The molecule has 0 aromatic heterocycles. The molecule has 29 heavy (non-hydrogen) atoms. The Morgan fingerprint density at radius 2 is 1.38 bits per heavy atom. The fourth-order valence-corrected chi connectivity index (χ4v) is 5.76. The quantitative estimate of drug-likeness (QED) is 0.726. The monoisotopic (exact) mass is 421 g/mol. The van der Waals surface area contributed by atoms with Crippen molar-refractivity contribution < 1.29 is 18.0 Å². The highest BCUT2D eigenvalue weighted by Crippen LogP contribution is 2.22. The molecule has 160 valence electrons. The maximum absolute atomic E-state index is 12.7. The van der Waals surface area contributed by atoms with E-state index < -0.39 is 10.0 Å². The Morgan fingerprint density at radius 1 is 0.862 bits per heavy atom. The summed E-state index contributed by atoms with van der Waals surface area (Å²) < 4.78 is 26.8. The van der Waals surface area contributed by atoms with Crippen LogP contribution in [0.2, 0.25) is 0 Å². The van der Waals surface area contributed by atoms with E-state index >= 15 is 0 Å². The molecule has 0 saturated carbocycles. The summed E-state index contributed by atoms with van der Waals surface area (Å²) in [6, 6.07) is 8.35. The lowest BCUT2D eigenvalue weighted by Crippen LogP contribution is -2.50. The van der Waals surface area contributed by atoms with Gasteiger partial charge in [-0.15, -0.1) is 0 Å². The number of likely N-dealkylation sites (tertiary alicyclic amines) is 1. The number of hydrogen-bond donors (Lipinski definition) is 0. The Bertz CT molecular complexity index is 810. The normalized spacial score (nSPS) is 23.8. The molecule has 0 spiro atoms. The summed E-state index contributed by atoms with van der Waals surface area (Å²) in [7, 11) is -3.53. The van der Waals surface area contributed by atoms with Gasteiger partial charge in [-0.05, 0) is 30.4 Å². The summed E-state index contributed by atoms with van der Waals surface area (Å²) in [5.74, 6) is 0.964. The zero-order valence-corrected chi connectivity index (χ0v) is 18.1. The van der Waals surface area contributed by atoms with Gasteiger partial charge in [0.05, 0.1) is 4.90 Å². The summed E-state index contributed by atoms with van der Waals surface area (Å²) in [6.07, 6.45) is 1.54. The molecule has 2 amide bonds. The molecule has 2 saturated heterocycles. The predicted molar refractivity (Wildman–Crippen MR) is 111 cm³/mol. The van der Waals surface area contributed by atoms with Gasteiger partial charge in [-0.2, -0.15) is 4.31 Å². The van der Waals surface area contributed by atoms with Crippen LogP contribution in [0.1, 0.15) is 33.1 Å². The van der Waals surface area contributed by atoms with Gasteiger partial charge in [0.15, 0.2) is 0 Å². The van der Waals surface area contributed by atoms with Crippen LogP contribution >= 0.6 is 0 Å². The maximum Gasteiger partial charge on any atom is 0.243 e. The van der Waals surface area contributed by atoms with Gasteiger partial charge in [0.1, 0.15) is 0 Å². The average Bonchev–Trinajstić information content (AvgIpc) is 2.71. The van der Waals surface area contributed by atoms with Gasteiger partial charge in [-0.3, -0.25) is 9.59 Å². The predicted octanol–water partition coefficient (Wildman–Crippen LogP) is 1.80. The van der Waals surface area contributed by atoms with Crippen LogP contribution in [0.25, 0.3) is 0 Å². The van der Waals surface area contributed by atoms with E-state index in [-0.39, 0.29) is 42.6 Å². The van der Waals surface area contributed by atoms with Gasteiger partial charge in [0.2, 0.25) is 21.8 Å². The van der Waals surface area contributed by atoms with Crippen LogP contribution in [0, 0.1) is 11.8 Å². The Balaban J connectivity index is 1.47. The van der Waals surface area contributed by atoms with E-state index in [0.717, 1.165) is 19.5 Å². The first-order chi connectivity index (χ1) is 13.8. The van der Waals surface area contributed by atoms with Crippen LogP contribution in [0.3, 0.4) is 0 Å². The molecule has 2 heterocycles. The van der Waals surface area contributed by atoms with Crippen LogP contribution in [0.4, 0.5) is 0 Å². The molecule has 0 radical (unpaired) electrons. The SMILES string of the molecule is CC1CC(C)CN(C(=O)CCC(=O)N2CCN(S(=O)(=O)c3ccccc3)CC2)C1. The van der Waals surface area contributed by atoms with Crippen molar-refractivity contribution in [1.82, 2.24) is 14.1 Å². The van der Waals surface area contributed by atoms with Crippen molar-refractivity contribution in [2.45, 2.75) is 38.0 Å². The summed E-state index contributed by atoms with van der Waals surface area (Å²) >= 11 is 0. The summed E-state index contributed by atoms with van der Waals surface area (Å²) in [6.45, 7) is 7.12.